The van der Waals surface area contributed by atoms with Crippen LogP contribution in [0, 0.1) is 13.8 Å². The molecule has 0 bridgehead atoms. The summed E-state index contributed by atoms with van der Waals surface area (Å²) in [5.74, 6) is 0.148. The maximum Gasteiger partial charge on any atom is 0.235 e. The van der Waals surface area contributed by atoms with Gasteiger partial charge in [0.1, 0.15) is 0 Å². The standard InChI is InChI=1S/C19H25N3O3S2/c1-13-5-6-14(2)17(11-13)22-9-8-20-19(22)26-15(3)18(23)21(4)16-7-10-27(24,25)12-16/h5-6,8-9,11,15-16H,7,10,12H2,1-4H3. The highest BCUT2D eigenvalue weighted by molar-refractivity contribution is 8.00. The van der Waals surface area contributed by atoms with Gasteiger partial charge in [-0.2, -0.15) is 0 Å². The Morgan fingerprint density at radius 1 is 1.37 bits per heavy atom. The van der Waals surface area contributed by atoms with Gasteiger partial charge in [0.2, 0.25) is 5.91 Å². The number of sulfone groups is 1. The van der Waals surface area contributed by atoms with Gasteiger partial charge >= 0.3 is 0 Å². The van der Waals surface area contributed by atoms with Crippen LogP contribution >= 0.6 is 11.8 Å². The van der Waals surface area contributed by atoms with E-state index < -0.39 is 9.84 Å². The highest BCUT2D eigenvalue weighted by atomic mass is 32.2. The Labute approximate surface area is 164 Å². The van der Waals surface area contributed by atoms with Crippen LogP contribution in [0.1, 0.15) is 24.5 Å². The van der Waals surface area contributed by atoms with Crippen molar-refractivity contribution in [2.75, 3.05) is 18.6 Å². The van der Waals surface area contributed by atoms with Gasteiger partial charge in [0.05, 0.1) is 22.4 Å². The second kappa shape index (κ2) is 7.67. The fourth-order valence-corrected chi connectivity index (χ4v) is 6.05. The van der Waals surface area contributed by atoms with E-state index in [1.54, 1.807) is 18.1 Å². The number of nitrogens with zero attached hydrogens (tertiary/aromatic N) is 3. The number of aryl methyl sites for hydroxylation is 2. The molecule has 0 N–H and O–H groups in total. The number of carbonyl (C=O) groups excluding carboxylic acids is 1. The Morgan fingerprint density at radius 2 is 2.11 bits per heavy atom. The van der Waals surface area contributed by atoms with Crippen molar-refractivity contribution in [1.82, 2.24) is 14.5 Å². The summed E-state index contributed by atoms with van der Waals surface area (Å²) in [6.45, 7) is 5.94. The van der Waals surface area contributed by atoms with Crippen LogP contribution in [-0.2, 0) is 14.6 Å². The normalized spacial score (nSPS) is 19.8. The maximum absolute atomic E-state index is 12.8. The van der Waals surface area contributed by atoms with Gasteiger partial charge in [-0.25, -0.2) is 13.4 Å². The molecule has 0 radical (unpaired) electrons. The van der Waals surface area contributed by atoms with Crippen molar-refractivity contribution in [1.29, 1.82) is 0 Å². The molecule has 0 aliphatic carbocycles. The molecule has 2 unspecified atom stereocenters. The summed E-state index contributed by atoms with van der Waals surface area (Å²) in [5, 5.41) is 0.390. The summed E-state index contributed by atoms with van der Waals surface area (Å²) in [5.41, 5.74) is 3.34. The van der Waals surface area contributed by atoms with Crippen molar-refractivity contribution in [3.8, 4) is 5.69 Å². The molecule has 27 heavy (non-hydrogen) atoms. The van der Waals surface area contributed by atoms with Gasteiger partial charge in [-0.05, 0) is 44.4 Å². The number of benzene rings is 1. The number of amides is 1. The van der Waals surface area contributed by atoms with E-state index in [-0.39, 0.29) is 28.7 Å². The molecule has 8 heteroatoms. The molecule has 1 saturated heterocycles. The van der Waals surface area contributed by atoms with Crippen LogP contribution in [0.2, 0.25) is 0 Å². The van der Waals surface area contributed by atoms with E-state index in [2.05, 4.69) is 23.2 Å². The van der Waals surface area contributed by atoms with E-state index in [0.717, 1.165) is 22.0 Å². The molecule has 1 fully saturated rings. The van der Waals surface area contributed by atoms with E-state index in [1.807, 2.05) is 31.5 Å². The molecule has 1 aliphatic rings. The zero-order valence-corrected chi connectivity index (χ0v) is 17.7. The minimum Gasteiger partial charge on any atom is -0.341 e. The van der Waals surface area contributed by atoms with Crippen molar-refractivity contribution < 1.29 is 13.2 Å². The predicted molar refractivity (Wildman–Crippen MR) is 108 cm³/mol. The number of hydrogen-bond acceptors (Lipinski definition) is 5. The molecule has 3 rings (SSSR count). The second-order valence-electron chi connectivity index (χ2n) is 7.14. The third-order valence-electron chi connectivity index (χ3n) is 4.96. The van der Waals surface area contributed by atoms with Gasteiger partial charge in [0.25, 0.3) is 0 Å². The van der Waals surface area contributed by atoms with Crippen LogP contribution in [0.15, 0.2) is 35.7 Å². The first-order valence-electron chi connectivity index (χ1n) is 8.92. The molecule has 2 atom stereocenters. The minimum absolute atomic E-state index is 0.0593. The summed E-state index contributed by atoms with van der Waals surface area (Å²) in [6, 6.07) is 6.01. The summed E-state index contributed by atoms with van der Waals surface area (Å²) >= 11 is 1.39. The minimum atomic E-state index is -3.02. The fourth-order valence-electron chi connectivity index (χ4n) is 3.30. The lowest BCUT2D eigenvalue weighted by Gasteiger charge is -2.26. The fraction of sp³-hybridized carbons (Fsp3) is 0.474. The molecule has 1 amide bonds. The summed E-state index contributed by atoms with van der Waals surface area (Å²) in [4.78, 5) is 18.8. The lowest BCUT2D eigenvalue weighted by Crippen LogP contribution is -2.41. The van der Waals surface area contributed by atoms with Crippen LogP contribution in [0.3, 0.4) is 0 Å². The second-order valence-corrected chi connectivity index (χ2v) is 10.7. The van der Waals surface area contributed by atoms with Crippen molar-refractivity contribution in [2.24, 2.45) is 0 Å². The average molecular weight is 408 g/mol. The zero-order valence-electron chi connectivity index (χ0n) is 16.0. The number of rotatable bonds is 5. The Hall–Kier alpha value is -1.80. The van der Waals surface area contributed by atoms with Gasteiger partial charge in [-0.1, -0.05) is 23.9 Å². The predicted octanol–water partition coefficient (Wildman–Crippen LogP) is 2.62. The SMILES string of the molecule is Cc1ccc(C)c(-n2ccnc2SC(C)C(=O)N(C)C2CCS(=O)(=O)C2)c1. The van der Waals surface area contributed by atoms with Gasteiger partial charge in [0, 0.05) is 25.5 Å². The average Bonchev–Trinajstić information content (AvgIpc) is 3.21. The lowest BCUT2D eigenvalue weighted by atomic mass is 10.1. The third kappa shape index (κ3) is 4.38. The molecule has 1 aliphatic heterocycles. The van der Waals surface area contributed by atoms with E-state index >= 15 is 0 Å². The van der Waals surface area contributed by atoms with E-state index in [4.69, 9.17) is 0 Å². The quantitative estimate of drug-likeness (QED) is 0.713. The molecule has 1 aromatic heterocycles. The largest absolute Gasteiger partial charge is 0.341 e. The van der Waals surface area contributed by atoms with E-state index in [0.29, 0.717) is 6.42 Å². The Balaban J connectivity index is 1.75. The Kier molecular flexibility index (Phi) is 5.67. The van der Waals surface area contributed by atoms with Crippen LogP contribution in [0.5, 0.6) is 0 Å². The topological polar surface area (TPSA) is 72.3 Å². The lowest BCUT2D eigenvalue weighted by molar-refractivity contribution is -0.130. The smallest absolute Gasteiger partial charge is 0.235 e. The van der Waals surface area contributed by atoms with Gasteiger partial charge in [-0.15, -0.1) is 0 Å². The van der Waals surface area contributed by atoms with Crippen molar-refractivity contribution >= 4 is 27.5 Å². The highest BCUT2D eigenvalue weighted by Gasteiger charge is 2.34. The maximum atomic E-state index is 12.8. The molecule has 146 valence electrons. The molecule has 0 spiro atoms. The van der Waals surface area contributed by atoms with Crippen molar-refractivity contribution in [3.63, 3.8) is 0 Å². The van der Waals surface area contributed by atoms with Crippen molar-refractivity contribution in [2.45, 2.75) is 43.6 Å². The summed E-state index contributed by atoms with van der Waals surface area (Å²) in [6.07, 6.45) is 4.14. The highest BCUT2D eigenvalue weighted by Crippen LogP contribution is 2.28. The molecule has 6 nitrogen and oxygen atoms in total. The molecule has 0 saturated carbocycles. The first kappa shape index (κ1) is 19.9. The summed E-state index contributed by atoms with van der Waals surface area (Å²) in [7, 11) is -1.32. The Bertz CT molecular complexity index is 953. The first-order chi connectivity index (χ1) is 12.7. The van der Waals surface area contributed by atoms with Crippen LogP contribution in [0.25, 0.3) is 5.69 Å². The van der Waals surface area contributed by atoms with Crippen LogP contribution < -0.4 is 0 Å². The molecular weight excluding hydrogens is 382 g/mol. The van der Waals surface area contributed by atoms with E-state index in [9.17, 15) is 13.2 Å². The summed E-state index contributed by atoms with van der Waals surface area (Å²) < 4.78 is 25.4. The third-order valence-corrected chi connectivity index (χ3v) is 7.78. The molecule has 2 heterocycles. The monoisotopic (exact) mass is 407 g/mol. The molecule has 2 aromatic rings. The molecular formula is C19H25N3O3S2. The van der Waals surface area contributed by atoms with Crippen molar-refractivity contribution in [3.05, 3.63) is 41.7 Å². The molecule has 1 aromatic carbocycles. The number of thioether (sulfide) groups is 1. The van der Waals surface area contributed by atoms with Crippen LogP contribution in [-0.4, -0.2) is 58.6 Å². The number of carbonyl (C=O) groups is 1. The van der Waals surface area contributed by atoms with Crippen LogP contribution in [0.4, 0.5) is 0 Å². The number of imidazole rings is 1. The van der Waals surface area contributed by atoms with Gasteiger partial charge < -0.3 is 4.90 Å². The first-order valence-corrected chi connectivity index (χ1v) is 11.6. The zero-order chi connectivity index (χ0) is 19.8. The number of aromatic nitrogens is 2. The number of hydrogen-bond donors (Lipinski definition) is 0. The van der Waals surface area contributed by atoms with E-state index in [1.165, 1.54) is 11.8 Å². The van der Waals surface area contributed by atoms with Gasteiger partial charge in [-0.3, -0.25) is 9.36 Å². The van der Waals surface area contributed by atoms with Gasteiger partial charge in [0.15, 0.2) is 15.0 Å². The Morgan fingerprint density at radius 3 is 2.78 bits per heavy atom.